The molecule has 1 aromatic heterocycles. The van der Waals surface area contributed by atoms with E-state index in [4.69, 9.17) is 44.0 Å². The van der Waals surface area contributed by atoms with Crippen LogP contribution in [0.15, 0.2) is 50.4 Å². The molecule has 0 aliphatic carbocycles. The van der Waals surface area contributed by atoms with E-state index in [2.05, 4.69) is 0 Å². The predicted octanol–water partition coefficient (Wildman–Crippen LogP) is 3.99. The van der Waals surface area contributed by atoms with Crippen LogP contribution in [-0.2, 0) is 6.54 Å². The number of halogens is 3. The van der Waals surface area contributed by atoms with E-state index >= 15 is 0 Å². The summed E-state index contributed by atoms with van der Waals surface area (Å²) in [6.07, 6.45) is 0. The van der Waals surface area contributed by atoms with Crippen LogP contribution in [-0.4, -0.2) is 11.2 Å². The number of benzene rings is 2. The van der Waals surface area contributed by atoms with Gasteiger partial charge in [0.2, 0.25) is 0 Å². The highest BCUT2D eigenvalue weighted by atomic mass is 35.5. The first-order valence-corrected chi connectivity index (χ1v) is 8.00. The molecule has 24 heavy (non-hydrogen) atoms. The third-order valence-electron chi connectivity index (χ3n) is 3.30. The van der Waals surface area contributed by atoms with Crippen molar-refractivity contribution < 1.29 is 9.15 Å². The molecule has 0 amide bonds. The van der Waals surface area contributed by atoms with Gasteiger partial charge in [-0.05, 0) is 30.3 Å². The molecule has 0 atom stereocenters. The third kappa shape index (κ3) is 3.43. The first kappa shape index (κ1) is 16.9. The molecule has 5 nitrogen and oxygen atoms in total. The summed E-state index contributed by atoms with van der Waals surface area (Å²) in [4.78, 5) is 23.8. The molecule has 2 aromatic carbocycles. The lowest BCUT2D eigenvalue weighted by Crippen LogP contribution is -2.27. The number of fused-ring (bicyclic) bond motifs is 1. The third-order valence-corrected chi connectivity index (χ3v) is 4.04. The van der Waals surface area contributed by atoms with Gasteiger partial charge < -0.3 is 9.15 Å². The highest BCUT2D eigenvalue weighted by Crippen LogP contribution is 2.24. The van der Waals surface area contributed by atoms with Crippen molar-refractivity contribution in [1.29, 1.82) is 0 Å². The minimum atomic E-state index is -0.798. The SMILES string of the molecule is O=c1oc(=O)n(CCOc2cc(Cl)cc(Cl)c2)c2c(Cl)cccc12. The molecular formula is C16H10Cl3NO4. The van der Waals surface area contributed by atoms with Crippen molar-refractivity contribution in [3.8, 4) is 5.75 Å². The molecular weight excluding hydrogens is 377 g/mol. The molecule has 3 rings (SSSR count). The molecule has 0 unspecified atom stereocenters. The molecule has 0 aliphatic rings. The van der Waals surface area contributed by atoms with Crippen LogP contribution < -0.4 is 16.1 Å². The van der Waals surface area contributed by atoms with Gasteiger partial charge in [0.15, 0.2) is 0 Å². The Hall–Kier alpha value is -1.95. The summed E-state index contributed by atoms with van der Waals surface area (Å²) < 4.78 is 11.5. The summed E-state index contributed by atoms with van der Waals surface area (Å²) in [5, 5.41) is 1.39. The van der Waals surface area contributed by atoms with E-state index in [0.717, 1.165) is 0 Å². The molecule has 1 heterocycles. The van der Waals surface area contributed by atoms with Crippen molar-refractivity contribution in [2.45, 2.75) is 6.54 Å². The Morgan fingerprint density at radius 2 is 1.75 bits per heavy atom. The molecule has 0 saturated heterocycles. The van der Waals surface area contributed by atoms with Crippen LogP contribution in [0.25, 0.3) is 10.9 Å². The summed E-state index contributed by atoms with van der Waals surface area (Å²) in [6, 6.07) is 9.54. The lowest BCUT2D eigenvalue weighted by atomic mass is 10.2. The number of para-hydroxylation sites is 1. The van der Waals surface area contributed by atoms with Crippen LogP contribution in [0.4, 0.5) is 0 Å². The van der Waals surface area contributed by atoms with E-state index in [1.165, 1.54) is 4.57 Å². The normalized spacial score (nSPS) is 11.0. The molecule has 0 spiro atoms. The van der Waals surface area contributed by atoms with Crippen molar-refractivity contribution in [1.82, 2.24) is 4.57 Å². The van der Waals surface area contributed by atoms with Gasteiger partial charge in [-0.15, -0.1) is 0 Å². The Bertz CT molecular complexity index is 1010. The van der Waals surface area contributed by atoms with Crippen molar-refractivity contribution in [3.63, 3.8) is 0 Å². The molecule has 0 aliphatic heterocycles. The zero-order chi connectivity index (χ0) is 17.3. The van der Waals surface area contributed by atoms with Gasteiger partial charge in [-0.2, -0.15) is 0 Å². The Labute approximate surface area is 150 Å². The summed E-state index contributed by atoms with van der Waals surface area (Å²) in [7, 11) is 0. The number of ether oxygens (including phenoxy) is 1. The second-order valence-electron chi connectivity index (χ2n) is 4.90. The van der Waals surface area contributed by atoms with Gasteiger partial charge in [-0.1, -0.05) is 40.9 Å². The van der Waals surface area contributed by atoms with Crippen LogP contribution in [0.1, 0.15) is 0 Å². The van der Waals surface area contributed by atoms with Gasteiger partial charge in [-0.25, -0.2) is 9.59 Å². The molecule has 0 saturated carbocycles. The maximum Gasteiger partial charge on any atom is 0.422 e. The number of hydrogen-bond acceptors (Lipinski definition) is 4. The van der Waals surface area contributed by atoms with Crippen molar-refractivity contribution in [3.05, 3.63) is 72.4 Å². The zero-order valence-corrected chi connectivity index (χ0v) is 14.4. The molecule has 0 N–H and O–H groups in total. The topological polar surface area (TPSA) is 61.4 Å². The Morgan fingerprint density at radius 1 is 1.04 bits per heavy atom. The average Bonchev–Trinajstić information content (AvgIpc) is 2.50. The van der Waals surface area contributed by atoms with Gasteiger partial charge >= 0.3 is 11.4 Å². The van der Waals surface area contributed by atoms with E-state index < -0.39 is 11.4 Å². The predicted molar refractivity (Wildman–Crippen MR) is 93.7 cm³/mol. The monoisotopic (exact) mass is 385 g/mol. The number of nitrogens with zero attached hydrogens (tertiary/aromatic N) is 1. The van der Waals surface area contributed by atoms with Gasteiger partial charge in [-0.3, -0.25) is 4.57 Å². The zero-order valence-electron chi connectivity index (χ0n) is 12.1. The summed E-state index contributed by atoms with van der Waals surface area (Å²) in [5.41, 5.74) is -0.413. The van der Waals surface area contributed by atoms with E-state index in [9.17, 15) is 9.59 Å². The molecule has 0 radical (unpaired) electrons. The highest BCUT2D eigenvalue weighted by molar-refractivity contribution is 6.35. The Balaban J connectivity index is 1.90. The van der Waals surface area contributed by atoms with Crippen LogP contribution in [0.3, 0.4) is 0 Å². The van der Waals surface area contributed by atoms with Crippen LogP contribution in [0.2, 0.25) is 15.1 Å². The minimum absolute atomic E-state index is 0.130. The van der Waals surface area contributed by atoms with Crippen molar-refractivity contribution in [2.75, 3.05) is 6.61 Å². The lowest BCUT2D eigenvalue weighted by molar-refractivity contribution is 0.287. The summed E-state index contributed by atoms with van der Waals surface area (Å²) >= 11 is 17.9. The first-order chi connectivity index (χ1) is 11.5. The number of hydrogen-bond donors (Lipinski definition) is 0. The fraction of sp³-hybridized carbons (Fsp3) is 0.125. The molecule has 0 bridgehead atoms. The molecule has 124 valence electrons. The van der Waals surface area contributed by atoms with E-state index in [-0.39, 0.29) is 23.6 Å². The fourth-order valence-corrected chi connectivity index (χ4v) is 3.09. The average molecular weight is 387 g/mol. The first-order valence-electron chi connectivity index (χ1n) is 6.87. The molecule has 0 fully saturated rings. The second-order valence-corrected chi connectivity index (χ2v) is 6.18. The quantitative estimate of drug-likeness (QED) is 0.680. The Morgan fingerprint density at radius 3 is 2.46 bits per heavy atom. The van der Waals surface area contributed by atoms with E-state index in [1.807, 2.05) is 0 Å². The van der Waals surface area contributed by atoms with E-state index in [0.29, 0.717) is 21.3 Å². The standard InChI is InChI=1S/C16H10Cl3NO4/c17-9-6-10(18)8-11(7-9)23-5-4-20-14-12(2-1-3-13(14)19)15(21)24-16(20)22/h1-3,6-8H,4-5H2. The van der Waals surface area contributed by atoms with Crippen LogP contribution >= 0.6 is 34.8 Å². The number of aromatic nitrogens is 1. The second kappa shape index (κ2) is 6.89. The van der Waals surface area contributed by atoms with Gasteiger partial charge in [0, 0.05) is 10.0 Å². The van der Waals surface area contributed by atoms with Gasteiger partial charge in [0.1, 0.15) is 12.4 Å². The smallest absolute Gasteiger partial charge is 0.422 e. The Kier molecular flexibility index (Phi) is 4.85. The largest absolute Gasteiger partial charge is 0.492 e. The maximum absolute atomic E-state index is 12.0. The van der Waals surface area contributed by atoms with Crippen molar-refractivity contribution in [2.24, 2.45) is 0 Å². The summed E-state index contributed by atoms with van der Waals surface area (Å²) in [5.74, 6) is -0.332. The van der Waals surface area contributed by atoms with E-state index in [1.54, 1.807) is 36.4 Å². The van der Waals surface area contributed by atoms with Crippen LogP contribution in [0, 0.1) is 0 Å². The lowest BCUT2D eigenvalue weighted by Gasteiger charge is -2.11. The number of rotatable bonds is 4. The van der Waals surface area contributed by atoms with Gasteiger partial charge in [0.05, 0.1) is 22.5 Å². The minimum Gasteiger partial charge on any atom is -0.492 e. The summed E-state index contributed by atoms with van der Waals surface area (Å²) in [6.45, 7) is 0.262. The maximum atomic E-state index is 12.0. The van der Waals surface area contributed by atoms with Gasteiger partial charge in [0.25, 0.3) is 0 Å². The highest BCUT2D eigenvalue weighted by Gasteiger charge is 2.12. The molecule has 8 heteroatoms. The molecule has 3 aromatic rings. The fourth-order valence-electron chi connectivity index (χ4n) is 2.30. The van der Waals surface area contributed by atoms with Crippen molar-refractivity contribution >= 4 is 45.7 Å². The van der Waals surface area contributed by atoms with Crippen LogP contribution in [0.5, 0.6) is 5.75 Å².